The number of alkyl halides is 5. The number of hydrogen-bond acceptors (Lipinski definition) is 6. The molecule has 2 saturated carbocycles. The molecule has 0 aliphatic heterocycles. The summed E-state index contributed by atoms with van der Waals surface area (Å²) < 4.78 is 69.3. The van der Waals surface area contributed by atoms with Crippen LogP contribution in [0.1, 0.15) is 98.7 Å². The summed E-state index contributed by atoms with van der Waals surface area (Å²) in [6.07, 6.45) is -2.95. The molecule has 0 unspecified atom stereocenters. The fourth-order valence-corrected chi connectivity index (χ4v) is 5.61. The molecule has 3 N–H and O–H groups in total. The summed E-state index contributed by atoms with van der Waals surface area (Å²) in [5.74, 6) is -4.45. The average molecular weight is 612 g/mol. The van der Waals surface area contributed by atoms with Gasteiger partial charge in [-0.05, 0) is 69.1 Å². The molecule has 43 heavy (non-hydrogen) atoms. The summed E-state index contributed by atoms with van der Waals surface area (Å²) in [4.78, 5) is 30.4. The lowest BCUT2D eigenvalue weighted by Gasteiger charge is -2.33. The standard InChI is InChI=1S/C28H34F5N7O3/c1-15(2)40-20(7-10-34-40)26(43)38-25(17-5-8-27(29,30)9-6-17)19-14-39-22(36-19)11-18(13-35-39)24(16-3-4-16)37-23(42)12-21(41)28(31,32)33/h7,10-11,13-17,21,24-25,41H,3-6,8-9,12H2,1-2H3,(H,37,42)(H,38,43)/t21-,24+,25-/m0/s1. The largest absolute Gasteiger partial charge is 0.414 e. The van der Waals surface area contributed by atoms with Gasteiger partial charge in [0.2, 0.25) is 11.8 Å². The van der Waals surface area contributed by atoms with Crippen molar-refractivity contribution in [2.45, 2.75) is 95.1 Å². The number of nitrogens with zero attached hydrogens (tertiary/aromatic N) is 5. The normalized spacial score (nSPS) is 19.7. The molecule has 10 nitrogen and oxygen atoms in total. The van der Waals surface area contributed by atoms with Gasteiger partial charge in [-0.3, -0.25) is 14.3 Å². The van der Waals surface area contributed by atoms with E-state index in [2.05, 4.69) is 25.8 Å². The summed E-state index contributed by atoms with van der Waals surface area (Å²) in [5, 5.41) is 23.5. The summed E-state index contributed by atoms with van der Waals surface area (Å²) in [6.45, 7) is 3.76. The molecule has 3 heterocycles. The number of carbonyl (C=O) groups is 2. The molecular formula is C28H34F5N7O3. The SMILES string of the molecule is CC(C)n1nccc1C(=O)N[C@H](c1cn2ncc([C@H](NC(=O)C[C@H](O)C(F)(F)F)C3CC3)cc2n1)C1CCC(F)(F)CC1. The van der Waals surface area contributed by atoms with Crippen molar-refractivity contribution in [3.63, 3.8) is 0 Å². The van der Waals surface area contributed by atoms with Crippen LogP contribution in [0.2, 0.25) is 0 Å². The third-order valence-corrected chi connectivity index (χ3v) is 8.12. The fraction of sp³-hybridized carbons (Fsp3) is 0.607. The maximum atomic E-state index is 14.0. The number of aliphatic hydroxyl groups is 1. The smallest absolute Gasteiger partial charge is 0.383 e. The van der Waals surface area contributed by atoms with Crippen molar-refractivity contribution in [3.8, 4) is 0 Å². The van der Waals surface area contributed by atoms with Crippen LogP contribution in [0.4, 0.5) is 22.0 Å². The van der Waals surface area contributed by atoms with Crippen LogP contribution < -0.4 is 10.6 Å². The maximum absolute atomic E-state index is 14.0. The highest BCUT2D eigenvalue weighted by Gasteiger charge is 2.42. The number of halogens is 5. The van der Waals surface area contributed by atoms with Gasteiger partial charge in [0.05, 0.1) is 36.6 Å². The molecule has 3 aromatic heterocycles. The molecule has 5 rings (SSSR count). The Morgan fingerprint density at radius 3 is 2.37 bits per heavy atom. The fourth-order valence-electron chi connectivity index (χ4n) is 5.61. The Morgan fingerprint density at radius 2 is 1.74 bits per heavy atom. The van der Waals surface area contributed by atoms with Crippen LogP contribution in [0.25, 0.3) is 5.65 Å². The number of imidazole rings is 1. The number of amides is 2. The molecule has 0 aromatic carbocycles. The third-order valence-electron chi connectivity index (χ3n) is 8.12. The van der Waals surface area contributed by atoms with Crippen molar-refractivity contribution in [3.05, 3.63) is 47.7 Å². The van der Waals surface area contributed by atoms with Crippen molar-refractivity contribution in [2.75, 3.05) is 0 Å². The molecule has 0 bridgehead atoms. The van der Waals surface area contributed by atoms with Gasteiger partial charge >= 0.3 is 6.18 Å². The predicted molar refractivity (Wildman–Crippen MR) is 143 cm³/mol. The van der Waals surface area contributed by atoms with E-state index in [0.717, 1.165) is 12.8 Å². The minimum Gasteiger partial charge on any atom is -0.383 e. The summed E-state index contributed by atoms with van der Waals surface area (Å²) in [5.41, 5.74) is 1.63. The second kappa shape index (κ2) is 11.8. The molecule has 2 aliphatic rings. The highest BCUT2D eigenvalue weighted by Crippen LogP contribution is 2.43. The zero-order valence-corrected chi connectivity index (χ0v) is 23.7. The number of fused-ring (bicyclic) bond motifs is 1. The Balaban J connectivity index is 1.41. The minimum atomic E-state index is -4.91. The predicted octanol–water partition coefficient (Wildman–Crippen LogP) is 4.68. The molecule has 3 aromatic rings. The first-order valence-electron chi connectivity index (χ1n) is 14.3. The molecule has 2 amide bonds. The van der Waals surface area contributed by atoms with Gasteiger partial charge < -0.3 is 15.7 Å². The van der Waals surface area contributed by atoms with E-state index in [1.807, 2.05) is 13.8 Å². The van der Waals surface area contributed by atoms with Gasteiger partial charge in [0.25, 0.3) is 5.91 Å². The van der Waals surface area contributed by atoms with Crippen LogP contribution in [0.15, 0.2) is 30.7 Å². The maximum Gasteiger partial charge on any atom is 0.414 e. The van der Waals surface area contributed by atoms with Crippen molar-refractivity contribution in [2.24, 2.45) is 11.8 Å². The van der Waals surface area contributed by atoms with Crippen LogP contribution in [-0.4, -0.2) is 59.5 Å². The van der Waals surface area contributed by atoms with Gasteiger partial charge in [-0.2, -0.15) is 23.4 Å². The monoisotopic (exact) mass is 611 g/mol. The topological polar surface area (TPSA) is 126 Å². The van der Waals surface area contributed by atoms with E-state index in [1.54, 1.807) is 23.0 Å². The van der Waals surface area contributed by atoms with Gasteiger partial charge in [0.15, 0.2) is 11.8 Å². The second-order valence-corrected chi connectivity index (χ2v) is 11.8. The van der Waals surface area contributed by atoms with Crippen molar-refractivity contribution in [1.82, 2.24) is 35.0 Å². The van der Waals surface area contributed by atoms with Crippen molar-refractivity contribution < 1.29 is 36.6 Å². The zero-order valence-electron chi connectivity index (χ0n) is 23.7. The zero-order chi connectivity index (χ0) is 31.1. The van der Waals surface area contributed by atoms with E-state index in [9.17, 15) is 36.6 Å². The molecule has 0 spiro atoms. The summed E-state index contributed by atoms with van der Waals surface area (Å²) >= 11 is 0. The van der Waals surface area contributed by atoms with E-state index in [1.165, 1.54) is 16.9 Å². The lowest BCUT2D eigenvalue weighted by atomic mass is 9.81. The third kappa shape index (κ3) is 7.13. The van der Waals surface area contributed by atoms with Crippen LogP contribution in [0.5, 0.6) is 0 Å². The molecule has 2 fully saturated rings. The van der Waals surface area contributed by atoms with Gasteiger partial charge in [-0.15, -0.1) is 0 Å². The van der Waals surface area contributed by atoms with Crippen LogP contribution in [0, 0.1) is 11.8 Å². The number of hydrogen-bond donors (Lipinski definition) is 3. The Hall–Kier alpha value is -3.62. The molecule has 3 atom stereocenters. The summed E-state index contributed by atoms with van der Waals surface area (Å²) in [6, 6.07) is 1.82. The summed E-state index contributed by atoms with van der Waals surface area (Å²) in [7, 11) is 0. The van der Waals surface area contributed by atoms with E-state index < -0.39 is 48.5 Å². The van der Waals surface area contributed by atoms with E-state index in [4.69, 9.17) is 0 Å². The molecule has 0 radical (unpaired) electrons. The second-order valence-electron chi connectivity index (χ2n) is 11.8. The first kappa shape index (κ1) is 30.8. The average Bonchev–Trinajstić information content (AvgIpc) is 3.47. The highest BCUT2D eigenvalue weighted by atomic mass is 19.4. The Morgan fingerprint density at radius 1 is 1.07 bits per heavy atom. The number of aromatic nitrogens is 5. The van der Waals surface area contributed by atoms with Gasteiger partial charge in [-0.25, -0.2) is 18.3 Å². The molecule has 2 aliphatic carbocycles. The van der Waals surface area contributed by atoms with E-state index >= 15 is 0 Å². The van der Waals surface area contributed by atoms with E-state index in [-0.39, 0.29) is 43.6 Å². The lowest BCUT2D eigenvalue weighted by molar-refractivity contribution is -0.206. The van der Waals surface area contributed by atoms with Crippen LogP contribution in [0.3, 0.4) is 0 Å². The quantitative estimate of drug-likeness (QED) is 0.286. The number of rotatable bonds is 10. The highest BCUT2D eigenvalue weighted by molar-refractivity contribution is 5.92. The first-order valence-corrected chi connectivity index (χ1v) is 14.3. The molecule has 234 valence electrons. The van der Waals surface area contributed by atoms with Gasteiger partial charge in [0.1, 0.15) is 5.69 Å². The van der Waals surface area contributed by atoms with Gasteiger partial charge in [0, 0.05) is 25.1 Å². The first-order chi connectivity index (χ1) is 20.2. The Kier molecular flexibility index (Phi) is 8.47. The molecule has 0 saturated heterocycles. The Labute approximate surface area is 244 Å². The van der Waals surface area contributed by atoms with Gasteiger partial charge in [-0.1, -0.05) is 0 Å². The van der Waals surface area contributed by atoms with Crippen molar-refractivity contribution in [1.29, 1.82) is 0 Å². The Bertz CT molecular complexity index is 1460. The molecular weight excluding hydrogens is 577 g/mol. The number of nitrogens with one attached hydrogen (secondary N) is 2. The van der Waals surface area contributed by atoms with Crippen LogP contribution >= 0.6 is 0 Å². The number of aliphatic hydroxyl groups excluding tert-OH is 1. The lowest BCUT2D eigenvalue weighted by Crippen LogP contribution is -2.38. The minimum absolute atomic E-state index is 0.00702. The number of carbonyl (C=O) groups excluding carboxylic acids is 2. The van der Waals surface area contributed by atoms with E-state index in [0.29, 0.717) is 22.6 Å². The van der Waals surface area contributed by atoms with Crippen molar-refractivity contribution >= 4 is 17.5 Å². The molecule has 15 heteroatoms. The van der Waals surface area contributed by atoms with Crippen LogP contribution in [-0.2, 0) is 4.79 Å².